The summed E-state index contributed by atoms with van der Waals surface area (Å²) >= 11 is 6.06. The second-order valence-electron chi connectivity index (χ2n) is 5.20. The Morgan fingerprint density at radius 2 is 1.78 bits per heavy atom. The van der Waals surface area contributed by atoms with Crippen molar-refractivity contribution in [2.24, 2.45) is 0 Å². The SMILES string of the molecule is Cc1ccc(-n2nnc(C(=O)Nc3ccccc3Cl)c2C)cc1. The summed E-state index contributed by atoms with van der Waals surface area (Å²) < 4.78 is 1.64. The molecule has 3 rings (SSSR count). The number of carbonyl (C=O) groups excluding carboxylic acids is 1. The number of nitrogens with zero attached hydrogens (tertiary/aromatic N) is 3. The Balaban J connectivity index is 1.88. The first kappa shape index (κ1) is 15.2. The van der Waals surface area contributed by atoms with Gasteiger partial charge in [0.15, 0.2) is 5.69 Å². The van der Waals surface area contributed by atoms with Crippen LogP contribution in [0, 0.1) is 13.8 Å². The molecule has 3 aromatic rings. The van der Waals surface area contributed by atoms with E-state index >= 15 is 0 Å². The number of hydrogen-bond acceptors (Lipinski definition) is 3. The van der Waals surface area contributed by atoms with Crippen molar-refractivity contribution in [2.75, 3.05) is 5.32 Å². The van der Waals surface area contributed by atoms with Gasteiger partial charge in [0.2, 0.25) is 0 Å². The highest BCUT2D eigenvalue weighted by Crippen LogP contribution is 2.21. The molecule has 0 fully saturated rings. The normalized spacial score (nSPS) is 10.6. The van der Waals surface area contributed by atoms with E-state index < -0.39 is 0 Å². The third kappa shape index (κ3) is 3.10. The lowest BCUT2D eigenvalue weighted by atomic mass is 10.2. The van der Waals surface area contributed by atoms with Crippen LogP contribution < -0.4 is 5.32 Å². The fraction of sp³-hybridized carbons (Fsp3) is 0.118. The highest BCUT2D eigenvalue weighted by atomic mass is 35.5. The Kier molecular flexibility index (Phi) is 4.12. The van der Waals surface area contributed by atoms with E-state index in [0.717, 1.165) is 11.3 Å². The van der Waals surface area contributed by atoms with Gasteiger partial charge in [-0.25, -0.2) is 4.68 Å². The van der Waals surface area contributed by atoms with Crippen molar-refractivity contribution in [3.8, 4) is 5.69 Å². The number of aromatic nitrogens is 3. The van der Waals surface area contributed by atoms with Crippen molar-refractivity contribution in [2.45, 2.75) is 13.8 Å². The van der Waals surface area contributed by atoms with Gasteiger partial charge in [-0.15, -0.1) is 5.10 Å². The minimum absolute atomic E-state index is 0.269. The average Bonchev–Trinajstić information content (AvgIpc) is 2.92. The van der Waals surface area contributed by atoms with Crippen molar-refractivity contribution in [1.29, 1.82) is 0 Å². The molecule has 0 saturated heterocycles. The zero-order chi connectivity index (χ0) is 16.4. The third-order valence-electron chi connectivity index (χ3n) is 3.51. The van der Waals surface area contributed by atoms with Crippen LogP contribution in [0.5, 0.6) is 0 Å². The van der Waals surface area contributed by atoms with Gasteiger partial charge in [0.1, 0.15) is 0 Å². The van der Waals surface area contributed by atoms with Crippen LogP contribution in [0.3, 0.4) is 0 Å². The number of amides is 1. The van der Waals surface area contributed by atoms with Crippen molar-refractivity contribution in [3.63, 3.8) is 0 Å². The van der Waals surface area contributed by atoms with Gasteiger partial charge >= 0.3 is 0 Å². The Bertz CT molecular complexity index is 855. The molecule has 1 N–H and O–H groups in total. The summed E-state index contributed by atoms with van der Waals surface area (Å²) in [6.07, 6.45) is 0. The van der Waals surface area contributed by atoms with E-state index in [1.165, 1.54) is 0 Å². The molecule has 116 valence electrons. The molecule has 5 nitrogen and oxygen atoms in total. The minimum Gasteiger partial charge on any atom is -0.319 e. The first-order valence-electron chi connectivity index (χ1n) is 7.11. The monoisotopic (exact) mass is 326 g/mol. The number of anilines is 1. The van der Waals surface area contributed by atoms with Crippen molar-refractivity contribution in [1.82, 2.24) is 15.0 Å². The summed E-state index contributed by atoms with van der Waals surface area (Å²) in [7, 11) is 0. The predicted molar refractivity (Wildman–Crippen MR) is 90.2 cm³/mol. The number of para-hydroxylation sites is 1. The zero-order valence-electron chi connectivity index (χ0n) is 12.7. The molecular formula is C17H15ClN4O. The molecule has 1 aromatic heterocycles. The number of carbonyl (C=O) groups is 1. The molecule has 0 aliphatic carbocycles. The summed E-state index contributed by atoms with van der Waals surface area (Å²) in [5.74, 6) is -0.339. The van der Waals surface area contributed by atoms with Gasteiger partial charge in [0, 0.05) is 0 Å². The Hall–Kier alpha value is -2.66. The lowest BCUT2D eigenvalue weighted by Gasteiger charge is -2.06. The van der Waals surface area contributed by atoms with E-state index in [4.69, 9.17) is 11.6 Å². The zero-order valence-corrected chi connectivity index (χ0v) is 13.5. The number of nitrogens with one attached hydrogen (secondary N) is 1. The van der Waals surface area contributed by atoms with Gasteiger partial charge in [-0.2, -0.15) is 0 Å². The van der Waals surface area contributed by atoms with E-state index in [2.05, 4.69) is 15.6 Å². The first-order chi connectivity index (χ1) is 11.1. The van der Waals surface area contributed by atoms with Gasteiger partial charge in [-0.1, -0.05) is 46.6 Å². The van der Waals surface area contributed by atoms with Gasteiger partial charge < -0.3 is 5.32 Å². The van der Waals surface area contributed by atoms with Crippen LogP contribution in [0.4, 0.5) is 5.69 Å². The fourth-order valence-corrected chi connectivity index (χ4v) is 2.40. The van der Waals surface area contributed by atoms with Crippen LogP contribution in [-0.2, 0) is 0 Å². The second-order valence-corrected chi connectivity index (χ2v) is 5.61. The molecule has 1 heterocycles. The summed E-state index contributed by atoms with van der Waals surface area (Å²) in [5, 5.41) is 11.3. The van der Waals surface area contributed by atoms with E-state index in [1.54, 1.807) is 35.9 Å². The molecule has 0 unspecified atom stereocenters. The number of benzene rings is 2. The molecule has 2 aromatic carbocycles. The van der Waals surface area contributed by atoms with Gasteiger partial charge in [0.25, 0.3) is 5.91 Å². The molecule has 1 amide bonds. The maximum atomic E-state index is 12.4. The van der Waals surface area contributed by atoms with E-state index in [1.807, 2.05) is 31.2 Å². The minimum atomic E-state index is -0.339. The standard InChI is InChI=1S/C17H15ClN4O/c1-11-7-9-13(10-8-11)22-12(2)16(20-21-22)17(23)19-15-6-4-3-5-14(15)18/h3-10H,1-2H3,(H,19,23). The van der Waals surface area contributed by atoms with Crippen LogP contribution in [-0.4, -0.2) is 20.9 Å². The average molecular weight is 327 g/mol. The quantitative estimate of drug-likeness (QED) is 0.796. The number of hydrogen-bond donors (Lipinski definition) is 1. The molecule has 6 heteroatoms. The first-order valence-corrected chi connectivity index (χ1v) is 7.49. The smallest absolute Gasteiger partial charge is 0.278 e. The van der Waals surface area contributed by atoms with Crippen LogP contribution in [0.2, 0.25) is 5.02 Å². The number of halogens is 1. The Morgan fingerprint density at radius 3 is 2.48 bits per heavy atom. The predicted octanol–water partition coefficient (Wildman–Crippen LogP) is 3.79. The van der Waals surface area contributed by atoms with Gasteiger partial charge in [0.05, 0.1) is 22.1 Å². The van der Waals surface area contributed by atoms with Crippen molar-refractivity contribution >= 4 is 23.2 Å². The van der Waals surface area contributed by atoms with E-state index in [0.29, 0.717) is 16.4 Å². The topological polar surface area (TPSA) is 59.8 Å². The molecule has 0 aliphatic heterocycles. The summed E-state index contributed by atoms with van der Waals surface area (Å²) in [6.45, 7) is 3.82. The van der Waals surface area contributed by atoms with Crippen molar-refractivity contribution in [3.05, 3.63) is 70.5 Å². The van der Waals surface area contributed by atoms with Crippen LogP contribution in [0.15, 0.2) is 48.5 Å². The van der Waals surface area contributed by atoms with Gasteiger partial charge in [-0.05, 0) is 38.1 Å². The highest BCUT2D eigenvalue weighted by molar-refractivity contribution is 6.33. The van der Waals surface area contributed by atoms with Crippen LogP contribution in [0.1, 0.15) is 21.7 Å². The maximum Gasteiger partial charge on any atom is 0.278 e. The third-order valence-corrected chi connectivity index (χ3v) is 3.84. The Morgan fingerprint density at radius 1 is 1.09 bits per heavy atom. The number of aryl methyl sites for hydroxylation is 1. The molecule has 0 aliphatic rings. The molecule has 0 radical (unpaired) electrons. The second kappa shape index (κ2) is 6.22. The largest absolute Gasteiger partial charge is 0.319 e. The summed E-state index contributed by atoms with van der Waals surface area (Å²) in [6, 6.07) is 14.9. The van der Waals surface area contributed by atoms with Crippen molar-refractivity contribution < 1.29 is 4.79 Å². The molecule has 0 saturated carbocycles. The molecule has 23 heavy (non-hydrogen) atoms. The molecule has 0 spiro atoms. The lowest BCUT2D eigenvalue weighted by molar-refractivity contribution is 0.102. The summed E-state index contributed by atoms with van der Waals surface area (Å²) in [4.78, 5) is 12.4. The van der Waals surface area contributed by atoms with Crippen LogP contribution in [0.25, 0.3) is 5.69 Å². The maximum absolute atomic E-state index is 12.4. The van der Waals surface area contributed by atoms with Gasteiger partial charge in [-0.3, -0.25) is 4.79 Å². The summed E-state index contributed by atoms with van der Waals surface area (Å²) in [5.41, 5.74) is 3.49. The van der Waals surface area contributed by atoms with Crippen LogP contribution >= 0.6 is 11.6 Å². The molecule has 0 bridgehead atoms. The van der Waals surface area contributed by atoms with E-state index in [9.17, 15) is 4.79 Å². The Labute approximate surface area is 138 Å². The number of rotatable bonds is 3. The highest BCUT2D eigenvalue weighted by Gasteiger charge is 2.18. The molecular weight excluding hydrogens is 312 g/mol. The van der Waals surface area contributed by atoms with E-state index in [-0.39, 0.29) is 11.6 Å². The fourth-order valence-electron chi connectivity index (χ4n) is 2.21. The molecule has 0 atom stereocenters. The lowest BCUT2D eigenvalue weighted by Crippen LogP contribution is -2.14.